The number of halogens is 2. The Hall–Kier alpha value is -1.98. The van der Waals surface area contributed by atoms with Crippen molar-refractivity contribution in [2.24, 2.45) is 5.16 Å². The number of pyridine rings is 1. The van der Waals surface area contributed by atoms with E-state index in [2.05, 4.69) is 73.2 Å². The van der Waals surface area contributed by atoms with Gasteiger partial charge in [0.05, 0.1) is 5.71 Å². The van der Waals surface area contributed by atoms with Gasteiger partial charge in [-0.05, 0) is 57.7 Å². The zero-order valence-electron chi connectivity index (χ0n) is 14.2. The van der Waals surface area contributed by atoms with E-state index in [0.29, 0.717) is 12.1 Å². The van der Waals surface area contributed by atoms with Crippen molar-refractivity contribution >= 4 is 37.6 Å². The standard InChI is InChI=1S/C21H18Br2N2O/c1-14-5-2-3-8-19(14)20(15-6-4-7-17(22)9-15)11-21(25-26)16-10-18(23)13-24-12-16/h2-10,12-13,20,26H,11H2,1H3/b25-21-. The Bertz CT molecular complexity index is 941. The number of benzene rings is 2. The van der Waals surface area contributed by atoms with Crippen LogP contribution in [0.2, 0.25) is 0 Å². The van der Waals surface area contributed by atoms with Crippen LogP contribution in [-0.2, 0) is 0 Å². The van der Waals surface area contributed by atoms with Gasteiger partial charge in [-0.25, -0.2) is 0 Å². The number of rotatable bonds is 5. The van der Waals surface area contributed by atoms with Gasteiger partial charge in [0.2, 0.25) is 0 Å². The quantitative estimate of drug-likeness (QED) is 0.268. The van der Waals surface area contributed by atoms with E-state index in [1.54, 1.807) is 12.4 Å². The normalized spacial score (nSPS) is 12.8. The molecule has 1 aromatic heterocycles. The van der Waals surface area contributed by atoms with Crippen LogP contribution >= 0.6 is 31.9 Å². The molecule has 1 N–H and O–H groups in total. The van der Waals surface area contributed by atoms with E-state index in [-0.39, 0.29) is 5.92 Å². The van der Waals surface area contributed by atoms with Gasteiger partial charge in [-0.15, -0.1) is 0 Å². The van der Waals surface area contributed by atoms with Crippen LogP contribution in [0.4, 0.5) is 0 Å². The van der Waals surface area contributed by atoms with Gasteiger partial charge >= 0.3 is 0 Å². The summed E-state index contributed by atoms with van der Waals surface area (Å²) in [5.74, 6) is 0.0681. The number of hydrogen-bond donors (Lipinski definition) is 1. The van der Waals surface area contributed by atoms with Gasteiger partial charge in [0.25, 0.3) is 0 Å². The summed E-state index contributed by atoms with van der Waals surface area (Å²) in [4.78, 5) is 4.19. The molecule has 0 spiro atoms. The van der Waals surface area contributed by atoms with E-state index in [4.69, 9.17) is 0 Å². The van der Waals surface area contributed by atoms with Gasteiger partial charge in [-0.3, -0.25) is 4.98 Å². The molecule has 3 nitrogen and oxygen atoms in total. The van der Waals surface area contributed by atoms with E-state index in [9.17, 15) is 5.21 Å². The fraction of sp³-hybridized carbons (Fsp3) is 0.143. The van der Waals surface area contributed by atoms with Gasteiger partial charge in [0.1, 0.15) is 0 Å². The first-order valence-electron chi connectivity index (χ1n) is 8.21. The lowest BCUT2D eigenvalue weighted by molar-refractivity contribution is 0.317. The van der Waals surface area contributed by atoms with E-state index in [1.165, 1.54) is 11.1 Å². The molecular formula is C21H18Br2N2O. The summed E-state index contributed by atoms with van der Waals surface area (Å²) in [5.41, 5.74) is 5.00. The maximum absolute atomic E-state index is 9.67. The monoisotopic (exact) mass is 472 g/mol. The Morgan fingerprint density at radius 3 is 2.54 bits per heavy atom. The third kappa shape index (κ3) is 4.40. The van der Waals surface area contributed by atoms with Gasteiger partial charge in [-0.1, -0.05) is 57.5 Å². The van der Waals surface area contributed by atoms with E-state index in [1.807, 2.05) is 30.3 Å². The Morgan fingerprint density at radius 2 is 1.85 bits per heavy atom. The highest BCUT2D eigenvalue weighted by Crippen LogP contribution is 2.33. The fourth-order valence-electron chi connectivity index (χ4n) is 3.09. The molecule has 1 heterocycles. The van der Waals surface area contributed by atoms with Crippen LogP contribution < -0.4 is 0 Å². The van der Waals surface area contributed by atoms with Crippen LogP contribution in [0.15, 0.2) is 81.1 Å². The first-order chi connectivity index (χ1) is 12.6. The van der Waals surface area contributed by atoms with Crippen molar-refractivity contribution in [3.05, 3.63) is 98.2 Å². The van der Waals surface area contributed by atoms with Gasteiger partial charge < -0.3 is 5.21 Å². The summed E-state index contributed by atoms with van der Waals surface area (Å²) in [6.07, 6.45) is 4.00. The van der Waals surface area contributed by atoms with Crippen molar-refractivity contribution < 1.29 is 5.21 Å². The number of nitrogens with zero attached hydrogens (tertiary/aromatic N) is 2. The molecule has 0 aliphatic carbocycles. The predicted octanol–water partition coefficient (Wildman–Crippen LogP) is 6.32. The zero-order chi connectivity index (χ0) is 18.5. The van der Waals surface area contributed by atoms with E-state index >= 15 is 0 Å². The SMILES string of the molecule is Cc1ccccc1C(C/C(=N/O)c1cncc(Br)c1)c1cccc(Br)c1. The maximum Gasteiger partial charge on any atom is 0.0893 e. The average molecular weight is 474 g/mol. The molecule has 5 heteroatoms. The molecular weight excluding hydrogens is 456 g/mol. The van der Waals surface area contributed by atoms with Crippen LogP contribution in [0, 0.1) is 6.92 Å². The molecule has 0 saturated carbocycles. The highest BCUT2D eigenvalue weighted by Gasteiger charge is 2.20. The van der Waals surface area contributed by atoms with Crippen molar-refractivity contribution in [3.8, 4) is 0 Å². The van der Waals surface area contributed by atoms with Crippen LogP contribution in [-0.4, -0.2) is 15.9 Å². The molecule has 1 atom stereocenters. The number of hydrogen-bond acceptors (Lipinski definition) is 3. The first-order valence-corrected chi connectivity index (χ1v) is 9.80. The minimum Gasteiger partial charge on any atom is -0.411 e. The smallest absolute Gasteiger partial charge is 0.0893 e. The molecule has 0 aliphatic rings. The van der Waals surface area contributed by atoms with Crippen LogP contribution in [0.5, 0.6) is 0 Å². The predicted molar refractivity (Wildman–Crippen MR) is 112 cm³/mol. The molecule has 26 heavy (non-hydrogen) atoms. The lowest BCUT2D eigenvalue weighted by Crippen LogP contribution is -2.12. The molecule has 3 rings (SSSR count). The van der Waals surface area contributed by atoms with Crippen LogP contribution in [0.25, 0.3) is 0 Å². The highest BCUT2D eigenvalue weighted by atomic mass is 79.9. The average Bonchev–Trinajstić information content (AvgIpc) is 2.64. The molecule has 132 valence electrons. The number of aryl methyl sites for hydroxylation is 1. The first kappa shape index (κ1) is 18.8. The number of aromatic nitrogens is 1. The molecule has 2 aromatic carbocycles. The van der Waals surface area contributed by atoms with Crippen molar-refractivity contribution in [2.45, 2.75) is 19.3 Å². The topological polar surface area (TPSA) is 45.5 Å². The maximum atomic E-state index is 9.67. The minimum absolute atomic E-state index is 0.0681. The van der Waals surface area contributed by atoms with Crippen LogP contribution in [0.1, 0.15) is 34.6 Å². The molecule has 0 amide bonds. The van der Waals surface area contributed by atoms with Crippen molar-refractivity contribution in [2.75, 3.05) is 0 Å². The molecule has 0 bridgehead atoms. The summed E-state index contributed by atoms with van der Waals surface area (Å²) in [6, 6.07) is 18.5. The molecule has 0 saturated heterocycles. The zero-order valence-corrected chi connectivity index (χ0v) is 17.4. The largest absolute Gasteiger partial charge is 0.411 e. The van der Waals surface area contributed by atoms with Crippen LogP contribution in [0.3, 0.4) is 0 Å². The molecule has 0 aliphatic heterocycles. The second-order valence-corrected chi connectivity index (χ2v) is 7.94. The lowest BCUT2D eigenvalue weighted by Gasteiger charge is -2.21. The second kappa shape index (κ2) is 8.60. The summed E-state index contributed by atoms with van der Waals surface area (Å²) in [7, 11) is 0. The second-order valence-electron chi connectivity index (χ2n) is 6.11. The summed E-state index contributed by atoms with van der Waals surface area (Å²) in [5, 5.41) is 13.3. The molecule has 1 unspecified atom stereocenters. The third-order valence-corrected chi connectivity index (χ3v) is 5.30. The highest BCUT2D eigenvalue weighted by molar-refractivity contribution is 9.10. The third-order valence-electron chi connectivity index (χ3n) is 4.37. The molecule has 0 radical (unpaired) electrons. The Labute approximate surface area is 170 Å². The molecule has 3 aromatic rings. The lowest BCUT2D eigenvalue weighted by atomic mass is 9.84. The minimum atomic E-state index is 0.0681. The number of oxime groups is 1. The summed E-state index contributed by atoms with van der Waals surface area (Å²) >= 11 is 6.99. The van der Waals surface area contributed by atoms with Gasteiger partial charge in [-0.2, -0.15) is 0 Å². The van der Waals surface area contributed by atoms with Crippen molar-refractivity contribution in [1.82, 2.24) is 4.98 Å². The van der Waals surface area contributed by atoms with Gasteiger partial charge in [0.15, 0.2) is 0 Å². The Morgan fingerprint density at radius 1 is 1.04 bits per heavy atom. The Balaban J connectivity index is 2.05. The molecule has 0 fully saturated rings. The van der Waals surface area contributed by atoms with Crippen molar-refractivity contribution in [3.63, 3.8) is 0 Å². The summed E-state index contributed by atoms with van der Waals surface area (Å²) in [6.45, 7) is 2.11. The van der Waals surface area contributed by atoms with Gasteiger partial charge in [0, 0.05) is 39.2 Å². The Kier molecular flexibility index (Phi) is 6.22. The fourth-order valence-corrected chi connectivity index (χ4v) is 3.87. The van der Waals surface area contributed by atoms with E-state index < -0.39 is 0 Å². The van der Waals surface area contributed by atoms with Crippen molar-refractivity contribution in [1.29, 1.82) is 0 Å². The summed E-state index contributed by atoms with van der Waals surface area (Å²) < 4.78 is 1.88. The van der Waals surface area contributed by atoms with E-state index in [0.717, 1.165) is 20.1 Å².